The van der Waals surface area contributed by atoms with Gasteiger partial charge >= 0.3 is 6.09 Å². The van der Waals surface area contributed by atoms with Crippen molar-refractivity contribution in [3.63, 3.8) is 0 Å². The lowest BCUT2D eigenvalue weighted by molar-refractivity contribution is -0.387. The number of nitro groups is 1. The van der Waals surface area contributed by atoms with E-state index in [0.717, 1.165) is 11.8 Å². The van der Waals surface area contributed by atoms with Gasteiger partial charge in [-0.25, -0.2) is 13.2 Å². The third-order valence-electron chi connectivity index (χ3n) is 3.72. The quantitative estimate of drug-likeness (QED) is 0.217. The fourth-order valence-electron chi connectivity index (χ4n) is 2.46. The van der Waals surface area contributed by atoms with Crippen LogP contribution in [0, 0.1) is 10.1 Å². The fraction of sp³-hybridized carbons (Fsp3) is 0.611. The summed E-state index contributed by atoms with van der Waals surface area (Å²) in [4.78, 5) is 21.9. The van der Waals surface area contributed by atoms with E-state index in [2.05, 4.69) is 21.2 Å². The van der Waals surface area contributed by atoms with Crippen molar-refractivity contribution < 1.29 is 22.9 Å². The van der Waals surface area contributed by atoms with E-state index in [1.807, 2.05) is 0 Å². The van der Waals surface area contributed by atoms with Crippen molar-refractivity contribution in [2.45, 2.75) is 50.5 Å². The number of benzene rings is 1. The summed E-state index contributed by atoms with van der Waals surface area (Å²) >= 11 is 3.31. The van der Waals surface area contributed by atoms with Crippen LogP contribution in [-0.4, -0.2) is 54.3 Å². The van der Waals surface area contributed by atoms with Gasteiger partial charge in [0.05, 0.1) is 4.92 Å². The number of nitro benzene ring substituents is 1. The molecule has 29 heavy (non-hydrogen) atoms. The van der Waals surface area contributed by atoms with Gasteiger partial charge in [0.15, 0.2) is 4.90 Å². The maximum Gasteiger partial charge on any atom is 0.407 e. The van der Waals surface area contributed by atoms with Crippen molar-refractivity contribution in [1.29, 1.82) is 0 Å². The van der Waals surface area contributed by atoms with Gasteiger partial charge in [0, 0.05) is 31.0 Å². The molecule has 9 nitrogen and oxygen atoms in total. The van der Waals surface area contributed by atoms with Crippen molar-refractivity contribution in [2.75, 3.05) is 25.0 Å². The van der Waals surface area contributed by atoms with Crippen molar-refractivity contribution in [3.8, 4) is 0 Å². The predicted octanol–water partition coefficient (Wildman–Crippen LogP) is 3.68. The summed E-state index contributed by atoms with van der Waals surface area (Å²) in [7, 11) is -4.05. The Hall–Kier alpha value is -1.72. The number of hydrogen-bond donors (Lipinski definition) is 1. The van der Waals surface area contributed by atoms with Crippen LogP contribution in [-0.2, 0) is 14.8 Å². The van der Waals surface area contributed by atoms with E-state index >= 15 is 0 Å². The number of unbranched alkanes of at least 4 members (excludes halogenated alkanes) is 1. The van der Waals surface area contributed by atoms with E-state index in [4.69, 9.17) is 4.74 Å². The number of sulfonamides is 1. The third kappa shape index (κ3) is 8.67. The maximum absolute atomic E-state index is 13.1. The highest BCUT2D eigenvalue weighted by molar-refractivity contribution is 9.09. The lowest BCUT2D eigenvalue weighted by Gasteiger charge is -2.23. The number of alkyl halides is 1. The van der Waals surface area contributed by atoms with Crippen LogP contribution >= 0.6 is 15.9 Å². The Kier molecular flexibility index (Phi) is 10.0. The van der Waals surface area contributed by atoms with Crippen molar-refractivity contribution in [2.24, 2.45) is 0 Å². The molecule has 11 heteroatoms. The summed E-state index contributed by atoms with van der Waals surface area (Å²) in [5.41, 5.74) is -1.08. The minimum Gasteiger partial charge on any atom is -0.444 e. The number of rotatable bonds is 11. The van der Waals surface area contributed by atoms with Crippen LogP contribution in [0.25, 0.3) is 0 Å². The van der Waals surface area contributed by atoms with Gasteiger partial charge in [-0.05, 0) is 46.1 Å². The molecule has 1 amide bonds. The Morgan fingerprint density at radius 3 is 2.41 bits per heavy atom. The van der Waals surface area contributed by atoms with Gasteiger partial charge in [0.1, 0.15) is 5.60 Å². The van der Waals surface area contributed by atoms with Crippen molar-refractivity contribution in [1.82, 2.24) is 9.62 Å². The minimum atomic E-state index is -4.05. The van der Waals surface area contributed by atoms with Crippen LogP contribution < -0.4 is 5.32 Å². The number of para-hydroxylation sites is 1. The molecular weight excluding hydrogens is 466 g/mol. The molecule has 0 saturated heterocycles. The minimum absolute atomic E-state index is 0.118. The molecule has 0 atom stereocenters. The molecule has 0 fully saturated rings. The largest absolute Gasteiger partial charge is 0.444 e. The van der Waals surface area contributed by atoms with Crippen molar-refractivity contribution >= 4 is 37.7 Å². The van der Waals surface area contributed by atoms with E-state index in [1.165, 1.54) is 28.6 Å². The summed E-state index contributed by atoms with van der Waals surface area (Å²) in [6.45, 7) is 5.81. The first-order valence-electron chi connectivity index (χ1n) is 9.25. The number of carbonyl (C=O) groups excluding carboxylic acids is 1. The number of nitrogens with one attached hydrogen (secondary N) is 1. The van der Waals surface area contributed by atoms with Gasteiger partial charge in [-0.1, -0.05) is 28.1 Å². The van der Waals surface area contributed by atoms with Crippen LogP contribution in [0.4, 0.5) is 10.5 Å². The Bertz CT molecular complexity index is 795. The molecule has 0 spiro atoms. The summed E-state index contributed by atoms with van der Waals surface area (Å²) in [5, 5.41) is 14.6. The summed E-state index contributed by atoms with van der Waals surface area (Å²) < 4.78 is 32.5. The number of amides is 1. The average Bonchev–Trinajstić information content (AvgIpc) is 2.62. The molecule has 1 rings (SSSR count). The van der Waals surface area contributed by atoms with Crippen molar-refractivity contribution in [3.05, 3.63) is 34.4 Å². The zero-order valence-corrected chi connectivity index (χ0v) is 19.3. The summed E-state index contributed by atoms with van der Waals surface area (Å²) in [6, 6.07) is 5.30. The first-order valence-corrected chi connectivity index (χ1v) is 11.8. The highest BCUT2D eigenvalue weighted by atomic mass is 79.9. The number of halogens is 1. The Morgan fingerprint density at radius 1 is 1.21 bits per heavy atom. The van der Waals surface area contributed by atoms with Gasteiger partial charge in [0.2, 0.25) is 10.0 Å². The smallest absolute Gasteiger partial charge is 0.407 e. The van der Waals surface area contributed by atoms with Gasteiger partial charge in [-0.3, -0.25) is 10.1 Å². The second-order valence-electron chi connectivity index (χ2n) is 7.31. The van der Waals surface area contributed by atoms with E-state index in [-0.39, 0.29) is 24.5 Å². The van der Waals surface area contributed by atoms with E-state index in [9.17, 15) is 23.3 Å². The number of hydrogen-bond acceptors (Lipinski definition) is 6. The van der Waals surface area contributed by atoms with Gasteiger partial charge < -0.3 is 10.1 Å². The monoisotopic (exact) mass is 493 g/mol. The molecule has 0 bridgehead atoms. The van der Waals surface area contributed by atoms with Gasteiger partial charge in [-0.15, -0.1) is 0 Å². The molecule has 1 N–H and O–H groups in total. The van der Waals surface area contributed by atoms with E-state index < -0.39 is 32.3 Å². The molecule has 0 aliphatic carbocycles. The lowest BCUT2D eigenvalue weighted by Crippen LogP contribution is -2.37. The van der Waals surface area contributed by atoms with Crippen LogP contribution in [0.5, 0.6) is 0 Å². The van der Waals surface area contributed by atoms with Gasteiger partial charge in [-0.2, -0.15) is 4.31 Å². The molecule has 0 aliphatic heterocycles. The zero-order chi connectivity index (χ0) is 22.1. The maximum atomic E-state index is 13.1. The van der Waals surface area contributed by atoms with Gasteiger partial charge in [0.25, 0.3) is 5.69 Å². The average molecular weight is 494 g/mol. The molecule has 0 radical (unpaired) electrons. The molecule has 164 valence electrons. The molecule has 0 aliphatic rings. The first-order chi connectivity index (χ1) is 13.5. The second-order valence-corrected chi connectivity index (χ2v) is 10.0. The standard InChI is InChI=1S/C18H28BrN3O6S/c1-18(2,3)28-17(23)20-12-8-14-21(13-7-6-11-19)29(26,27)16-10-5-4-9-15(16)22(24)25/h4-5,9-10H,6-8,11-14H2,1-3H3,(H,20,23). The normalized spacial score (nSPS) is 12.0. The Labute approximate surface area is 180 Å². The summed E-state index contributed by atoms with van der Waals surface area (Å²) in [6.07, 6.45) is 1.13. The Balaban J connectivity index is 2.87. The third-order valence-corrected chi connectivity index (χ3v) is 6.23. The molecule has 0 aromatic heterocycles. The van der Waals surface area contributed by atoms with Crippen LogP contribution in [0.1, 0.15) is 40.0 Å². The zero-order valence-electron chi connectivity index (χ0n) is 16.9. The van der Waals surface area contributed by atoms with Crippen LogP contribution in [0.15, 0.2) is 29.2 Å². The first kappa shape index (κ1) is 25.3. The molecule has 0 heterocycles. The highest BCUT2D eigenvalue weighted by Crippen LogP contribution is 2.26. The molecular formula is C18H28BrN3O6S. The molecule has 1 aromatic rings. The predicted molar refractivity (Wildman–Crippen MR) is 114 cm³/mol. The van der Waals surface area contributed by atoms with E-state index in [0.29, 0.717) is 12.8 Å². The second kappa shape index (κ2) is 11.5. The van der Waals surface area contributed by atoms with Crippen LogP contribution in [0.2, 0.25) is 0 Å². The SMILES string of the molecule is CC(C)(C)OC(=O)NCCCN(CCCCBr)S(=O)(=O)c1ccccc1[N+](=O)[O-]. The molecule has 0 unspecified atom stereocenters. The number of alkyl carbamates (subject to hydrolysis) is 1. The Morgan fingerprint density at radius 2 is 1.83 bits per heavy atom. The number of ether oxygens (including phenoxy) is 1. The fourth-order valence-corrected chi connectivity index (χ4v) is 4.53. The van der Waals surface area contributed by atoms with E-state index in [1.54, 1.807) is 20.8 Å². The topological polar surface area (TPSA) is 119 Å². The molecule has 0 saturated carbocycles. The summed E-state index contributed by atoms with van der Waals surface area (Å²) in [5.74, 6) is 0. The number of nitrogens with zero attached hydrogens (tertiary/aromatic N) is 2. The lowest BCUT2D eigenvalue weighted by atomic mass is 10.2. The van der Waals surface area contributed by atoms with Crippen LogP contribution in [0.3, 0.4) is 0 Å². The number of carbonyl (C=O) groups is 1. The highest BCUT2D eigenvalue weighted by Gasteiger charge is 2.30. The molecule has 1 aromatic carbocycles.